The molecule has 0 radical (unpaired) electrons. The molecule has 0 fully saturated rings. The van der Waals surface area contributed by atoms with E-state index in [1.807, 2.05) is 6.92 Å². The highest BCUT2D eigenvalue weighted by Gasteiger charge is 2.19. The first kappa shape index (κ1) is 11.3. The van der Waals surface area contributed by atoms with E-state index in [4.69, 9.17) is 0 Å². The van der Waals surface area contributed by atoms with Gasteiger partial charge < -0.3 is 10.6 Å². The Balaban J connectivity index is 2.39. The summed E-state index contributed by atoms with van der Waals surface area (Å²) < 4.78 is 0. The Morgan fingerprint density at radius 3 is 2.69 bits per heavy atom. The molecule has 1 aliphatic heterocycles. The molecule has 1 aromatic rings. The molecule has 16 heavy (non-hydrogen) atoms. The Kier molecular flexibility index (Phi) is 2.84. The monoisotopic (exact) mass is 220 g/mol. The summed E-state index contributed by atoms with van der Waals surface area (Å²) in [7, 11) is 0. The van der Waals surface area contributed by atoms with Crippen LogP contribution in [-0.4, -0.2) is 22.1 Å². The standard InChI is InChI=1S/C12H20N4/c1-8-14-10-5-6-13-7-9(10)11(15-8)16-12(2,3)4/h13H,5-7H2,1-4H3,(H,14,15,16). The van der Waals surface area contributed by atoms with Crippen molar-refractivity contribution in [3.8, 4) is 0 Å². The van der Waals surface area contributed by atoms with Crippen LogP contribution in [0.15, 0.2) is 0 Å². The van der Waals surface area contributed by atoms with Crippen molar-refractivity contribution in [2.45, 2.75) is 46.2 Å². The minimum atomic E-state index is 0.0337. The summed E-state index contributed by atoms with van der Waals surface area (Å²) >= 11 is 0. The first-order chi connectivity index (χ1) is 7.46. The predicted octanol–water partition coefficient (Wildman–Crippen LogP) is 1.64. The van der Waals surface area contributed by atoms with Gasteiger partial charge in [0.15, 0.2) is 0 Å². The zero-order valence-electron chi connectivity index (χ0n) is 10.5. The average molecular weight is 220 g/mol. The number of rotatable bonds is 1. The average Bonchev–Trinajstić information content (AvgIpc) is 2.14. The molecule has 88 valence electrons. The number of anilines is 1. The summed E-state index contributed by atoms with van der Waals surface area (Å²) in [4.78, 5) is 9.02. The Bertz CT molecular complexity index is 393. The predicted molar refractivity (Wildman–Crippen MR) is 65.6 cm³/mol. The Morgan fingerprint density at radius 1 is 1.25 bits per heavy atom. The van der Waals surface area contributed by atoms with Crippen LogP contribution in [0.5, 0.6) is 0 Å². The number of aromatic nitrogens is 2. The first-order valence-electron chi connectivity index (χ1n) is 5.81. The minimum absolute atomic E-state index is 0.0337. The Hall–Kier alpha value is -1.16. The van der Waals surface area contributed by atoms with Crippen molar-refractivity contribution in [2.75, 3.05) is 11.9 Å². The molecule has 0 saturated heterocycles. The van der Waals surface area contributed by atoms with Gasteiger partial charge in [0, 0.05) is 30.6 Å². The quantitative estimate of drug-likeness (QED) is 0.755. The Labute approximate surface area is 96.9 Å². The molecule has 0 spiro atoms. The zero-order chi connectivity index (χ0) is 11.8. The van der Waals surface area contributed by atoms with Crippen LogP contribution in [0.3, 0.4) is 0 Å². The lowest BCUT2D eigenvalue weighted by atomic mass is 10.1. The van der Waals surface area contributed by atoms with E-state index in [0.717, 1.165) is 31.2 Å². The fourth-order valence-electron chi connectivity index (χ4n) is 1.93. The molecule has 0 unspecified atom stereocenters. The maximum Gasteiger partial charge on any atom is 0.134 e. The fourth-order valence-corrected chi connectivity index (χ4v) is 1.93. The van der Waals surface area contributed by atoms with Gasteiger partial charge in [0.1, 0.15) is 11.6 Å². The minimum Gasteiger partial charge on any atom is -0.365 e. The molecule has 1 aliphatic rings. The van der Waals surface area contributed by atoms with Crippen LogP contribution in [0, 0.1) is 6.92 Å². The van der Waals surface area contributed by atoms with Gasteiger partial charge in [-0.3, -0.25) is 0 Å². The van der Waals surface area contributed by atoms with Crippen LogP contribution in [0.25, 0.3) is 0 Å². The second-order valence-corrected chi connectivity index (χ2v) is 5.35. The lowest BCUT2D eigenvalue weighted by Gasteiger charge is -2.26. The molecule has 0 saturated carbocycles. The van der Waals surface area contributed by atoms with Gasteiger partial charge in [0.25, 0.3) is 0 Å². The molecule has 2 heterocycles. The van der Waals surface area contributed by atoms with Crippen LogP contribution in [0.2, 0.25) is 0 Å². The van der Waals surface area contributed by atoms with E-state index in [-0.39, 0.29) is 5.54 Å². The Morgan fingerprint density at radius 2 is 2.00 bits per heavy atom. The summed E-state index contributed by atoms with van der Waals surface area (Å²) in [5.74, 6) is 1.84. The molecule has 0 bridgehead atoms. The summed E-state index contributed by atoms with van der Waals surface area (Å²) in [6, 6.07) is 0. The topological polar surface area (TPSA) is 49.8 Å². The highest BCUT2D eigenvalue weighted by atomic mass is 15.1. The molecule has 0 amide bonds. The van der Waals surface area contributed by atoms with Crippen molar-refractivity contribution < 1.29 is 0 Å². The van der Waals surface area contributed by atoms with E-state index in [1.165, 1.54) is 11.3 Å². The van der Waals surface area contributed by atoms with Crippen LogP contribution in [-0.2, 0) is 13.0 Å². The van der Waals surface area contributed by atoms with Crippen molar-refractivity contribution in [3.05, 3.63) is 17.1 Å². The molecule has 0 aromatic carbocycles. The lowest BCUT2D eigenvalue weighted by molar-refractivity contribution is 0.602. The third-order valence-electron chi connectivity index (χ3n) is 2.54. The van der Waals surface area contributed by atoms with Gasteiger partial charge in [-0.2, -0.15) is 0 Å². The van der Waals surface area contributed by atoms with Crippen LogP contribution < -0.4 is 10.6 Å². The largest absolute Gasteiger partial charge is 0.365 e. The molecule has 4 nitrogen and oxygen atoms in total. The van der Waals surface area contributed by atoms with Crippen LogP contribution >= 0.6 is 0 Å². The second-order valence-electron chi connectivity index (χ2n) is 5.35. The normalized spacial score (nSPS) is 15.8. The number of nitrogens with one attached hydrogen (secondary N) is 2. The van der Waals surface area contributed by atoms with Crippen molar-refractivity contribution >= 4 is 5.82 Å². The molecular weight excluding hydrogens is 200 g/mol. The van der Waals surface area contributed by atoms with Crippen LogP contribution in [0.4, 0.5) is 5.82 Å². The second kappa shape index (κ2) is 4.01. The zero-order valence-corrected chi connectivity index (χ0v) is 10.5. The van der Waals surface area contributed by atoms with E-state index in [0.29, 0.717) is 0 Å². The van der Waals surface area contributed by atoms with Gasteiger partial charge in [-0.05, 0) is 27.7 Å². The maximum absolute atomic E-state index is 4.51. The van der Waals surface area contributed by atoms with E-state index < -0.39 is 0 Å². The SMILES string of the molecule is Cc1nc2c(c(NC(C)(C)C)n1)CNCC2. The smallest absolute Gasteiger partial charge is 0.134 e. The highest BCUT2D eigenvalue weighted by molar-refractivity contribution is 5.49. The number of nitrogens with zero attached hydrogens (tertiary/aromatic N) is 2. The highest BCUT2D eigenvalue weighted by Crippen LogP contribution is 2.22. The molecule has 2 rings (SSSR count). The number of fused-ring (bicyclic) bond motifs is 1. The summed E-state index contributed by atoms with van der Waals surface area (Å²) in [6.07, 6.45) is 0.998. The van der Waals surface area contributed by atoms with E-state index in [2.05, 4.69) is 41.4 Å². The number of aryl methyl sites for hydroxylation is 1. The summed E-state index contributed by atoms with van der Waals surface area (Å²) in [5, 5.41) is 6.83. The van der Waals surface area contributed by atoms with Crippen molar-refractivity contribution in [1.29, 1.82) is 0 Å². The molecule has 0 atom stereocenters. The van der Waals surface area contributed by atoms with Gasteiger partial charge >= 0.3 is 0 Å². The van der Waals surface area contributed by atoms with Crippen molar-refractivity contribution in [2.24, 2.45) is 0 Å². The van der Waals surface area contributed by atoms with Gasteiger partial charge in [0.05, 0.1) is 5.69 Å². The van der Waals surface area contributed by atoms with Gasteiger partial charge in [0.2, 0.25) is 0 Å². The third-order valence-corrected chi connectivity index (χ3v) is 2.54. The van der Waals surface area contributed by atoms with Crippen molar-refractivity contribution in [3.63, 3.8) is 0 Å². The molecule has 1 aromatic heterocycles. The lowest BCUT2D eigenvalue weighted by Crippen LogP contribution is -2.31. The third kappa shape index (κ3) is 2.50. The van der Waals surface area contributed by atoms with E-state index in [9.17, 15) is 0 Å². The number of hydrogen-bond donors (Lipinski definition) is 2. The molecule has 4 heteroatoms. The van der Waals surface area contributed by atoms with Gasteiger partial charge in [-0.25, -0.2) is 9.97 Å². The fraction of sp³-hybridized carbons (Fsp3) is 0.667. The van der Waals surface area contributed by atoms with Gasteiger partial charge in [-0.1, -0.05) is 0 Å². The van der Waals surface area contributed by atoms with Crippen molar-refractivity contribution in [1.82, 2.24) is 15.3 Å². The maximum atomic E-state index is 4.51. The molecular formula is C12H20N4. The molecule has 0 aliphatic carbocycles. The van der Waals surface area contributed by atoms with Gasteiger partial charge in [-0.15, -0.1) is 0 Å². The summed E-state index contributed by atoms with van der Waals surface area (Å²) in [5.41, 5.74) is 2.45. The van der Waals surface area contributed by atoms with Crippen LogP contribution in [0.1, 0.15) is 37.9 Å². The molecule has 2 N–H and O–H groups in total. The first-order valence-corrected chi connectivity index (χ1v) is 5.81. The summed E-state index contributed by atoms with van der Waals surface area (Å²) in [6.45, 7) is 10.3. The number of hydrogen-bond acceptors (Lipinski definition) is 4. The van der Waals surface area contributed by atoms with E-state index in [1.54, 1.807) is 0 Å². The van der Waals surface area contributed by atoms with E-state index >= 15 is 0 Å².